The predicted octanol–water partition coefficient (Wildman–Crippen LogP) is 5.57. The fraction of sp³-hybridized carbons (Fsp3) is 0.364. The lowest BCUT2D eigenvalue weighted by atomic mass is 10.1. The van der Waals surface area contributed by atoms with E-state index in [9.17, 15) is 26.9 Å². The second-order valence-electron chi connectivity index (χ2n) is 8.07. The first-order chi connectivity index (χ1) is 15.5. The minimum atomic E-state index is -4.72. The highest BCUT2D eigenvalue weighted by atomic mass is 35.5. The Kier molecular flexibility index (Phi) is 6.16. The number of hydrogen-bond acceptors (Lipinski definition) is 4. The summed E-state index contributed by atoms with van der Waals surface area (Å²) in [6.07, 6.45) is 0.239. The van der Waals surface area contributed by atoms with Gasteiger partial charge in [0.2, 0.25) is 10.0 Å². The number of fused-ring (bicyclic) bond motifs is 1. The minimum absolute atomic E-state index is 0.144. The van der Waals surface area contributed by atoms with Crippen LogP contribution in [0.5, 0.6) is 0 Å². The van der Waals surface area contributed by atoms with Crippen molar-refractivity contribution in [1.82, 2.24) is 14.3 Å². The summed E-state index contributed by atoms with van der Waals surface area (Å²) in [5.74, 6) is 0. The molecular formula is C22H20ClF3N4O2S. The average Bonchev–Trinajstić information content (AvgIpc) is 3.38. The molecule has 0 saturated heterocycles. The van der Waals surface area contributed by atoms with Crippen molar-refractivity contribution in [1.29, 1.82) is 5.26 Å². The summed E-state index contributed by atoms with van der Waals surface area (Å²) in [5.41, 5.74) is 2.10. The van der Waals surface area contributed by atoms with Crippen LogP contribution >= 0.6 is 11.6 Å². The van der Waals surface area contributed by atoms with E-state index in [4.69, 9.17) is 11.6 Å². The molecule has 6 nitrogen and oxygen atoms in total. The lowest BCUT2D eigenvalue weighted by Gasteiger charge is -2.19. The van der Waals surface area contributed by atoms with Crippen molar-refractivity contribution in [2.24, 2.45) is 0 Å². The lowest BCUT2D eigenvalue weighted by molar-refractivity contribution is -0.147. The third kappa shape index (κ3) is 4.45. The van der Waals surface area contributed by atoms with Gasteiger partial charge in [-0.05, 0) is 50.1 Å². The Morgan fingerprint density at radius 1 is 1.24 bits per heavy atom. The Bertz CT molecular complexity index is 1340. The number of benzene rings is 1. The van der Waals surface area contributed by atoms with E-state index in [1.54, 1.807) is 16.9 Å². The van der Waals surface area contributed by atoms with E-state index in [1.165, 1.54) is 12.1 Å². The number of hydrogen-bond donors (Lipinski definition) is 1. The number of aromatic nitrogens is 2. The molecular weight excluding hydrogens is 477 g/mol. The molecule has 0 amide bonds. The number of nitrogens with one attached hydrogen (secondary N) is 1. The zero-order chi connectivity index (χ0) is 24.0. The topological polar surface area (TPSA) is 87.8 Å². The molecule has 1 atom stereocenters. The van der Waals surface area contributed by atoms with Crippen molar-refractivity contribution < 1.29 is 21.6 Å². The molecule has 2 aromatic heterocycles. The van der Waals surface area contributed by atoms with Gasteiger partial charge in [0, 0.05) is 22.6 Å². The summed E-state index contributed by atoms with van der Waals surface area (Å²) in [7, 11) is -4.44. The van der Waals surface area contributed by atoms with Gasteiger partial charge in [-0.2, -0.15) is 23.2 Å². The van der Waals surface area contributed by atoms with E-state index >= 15 is 0 Å². The van der Waals surface area contributed by atoms with Crippen molar-refractivity contribution in [2.75, 3.05) is 0 Å². The predicted molar refractivity (Wildman–Crippen MR) is 118 cm³/mol. The van der Waals surface area contributed by atoms with Gasteiger partial charge in [0.05, 0.1) is 22.5 Å². The second-order valence-corrected chi connectivity index (χ2v) is 10.2. The molecule has 1 aliphatic carbocycles. The summed E-state index contributed by atoms with van der Waals surface area (Å²) < 4.78 is 66.9. The molecule has 11 heteroatoms. The summed E-state index contributed by atoms with van der Waals surface area (Å²) in [6, 6.07) is 8.03. The molecule has 1 N–H and O–H groups in total. The van der Waals surface area contributed by atoms with Crippen LogP contribution in [0, 0.1) is 11.3 Å². The van der Waals surface area contributed by atoms with Crippen LogP contribution in [0.15, 0.2) is 41.4 Å². The number of rotatable bonds is 5. The standard InChI is InChI=1S/C22H20ClF3N4O2S/c1-13(22(24,25)26)29-33(31,32)16-7-8-19(28-12-16)21-18(11-27)17-10-14(23)6-9-20(17)30(21)15-4-2-3-5-15/h6-10,12-13,15,29H,2-5H2,1H3. The van der Waals surface area contributed by atoms with Gasteiger partial charge in [0.15, 0.2) is 0 Å². The van der Waals surface area contributed by atoms with Gasteiger partial charge in [0.25, 0.3) is 0 Å². The average molecular weight is 497 g/mol. The number of alkyl halides is 3. The fourth-order valence-electron chi connectivity index (χ4n) is 4.24. The minimum Gasteiger partial charge on any atom is -0.335 e. The normalized spacial score (nSPS) is 16.2. The van der Waals surface area contributed by atoms with Gasteiger partial charge in [0.1, 0.15) is 17.0 Å². The number of nitriles is 1. The summed E-state index contributed by atoms with van der Waals surface area (Å²) in [5, 5.41) is 11.1. The van der Waals surface area contributed by atoms with Gasteiger partial charge in [-0.15, -0.1) is 0 Å². The fourth-order valence-corrected chi connectivity index (χ4v) is 5.59. The maximum Gasteiger partial charge on any atom is 0.404 e. The molecule has 1 fully saturated rings. The molecule has 1 unspecified atom stereocenters. The van der Waals surface area contributed by atoms with E-state index < -0.39 is 27.1 Å². The first kappa shape index (κ1) is 23.5. The molecule has 3 aromatic rings. The molecule has 1 saturated carbocycles. The van der Waals surface area contributed by atoms with Crippen molar-refractivity contribution in [2.45, 2.75) is 55.8 Å². The van der Waals surface area contributed by atoms with Crippen LogP contribution in [0.3, 0.4) is 0 Å². The summed E-state index contributed by atoms with van der Waals surface area (Å²) in [4.78, 5) is 3.84. The van der Waals surface area contributed by atoms with Crippen LogP contribution in [-0.2, 0) is 10.0 Å². The van der Waals surface area contributed by atoms with Crippen molar-refractivity contribution >= 4 is 32.5 Å². The van der Waals surface area contributed by atoms with Crippen molar-refractivity contribution in [3.05, 3.63) is 47.1 Å². The van der Waals surface area contributed by atoms with Crippen LogP contribution in [0.25, 0.3) is 22.3 Å². The van der Waals surface area contributed by atoms with Gasteiger partial charge in [-0.3, -0.25) is 4.98 Å². The molecule has 33 heavy (non-hydrogen) atoms. The maximum absolute atomic E-state index is 12.8. The Morgan fingerprint density at radius 3 is 2.52 bits per heavy atom. The van der Waals surface area contributed by atoms with E-state index in [0.29, 0.717) is 27.4 Å². The summed E-state index contributed by atoms with van der Waals surface area (Å²) >= 11 is 6.17. The van der Waals surface area contributed by atoms with E-state index in [-0.39, 0.29) is 6.04 Å². The molecule has 1 aromatic carbocycles. The SMILES string of the molecule is CC(NS(=O)(=O)c1ccc(-c2c(C#N)c3cc(Cl)ccc3n2C2CCCC2)nc1)C(F)(F)F. The Hall–Kier alpha value is -2.61. The highest BCUT2D eigenvalue weighted by Gasteiger charge is 2.39. The molecule has 0 spiro atoms. The highest BCUT2D eigenvalue weighted by molar-refractivity contribution is 7.89. The van der Waals surface area contributed by atoms with Gasteiger partial charge in [-0.1, -0.05) is 24.4 Å². The number of nitrogens with zero attached hydrogens (tertiary/aromatic N) is 3. The lowest BCUT2D eigenvalue weighted by Crippen LogP contribution is -2.42. The second kappa shape index (κ2) is 8.63. The van der Waals surface area contributed by atoms with Gasteiger partial charge < -0.3 is 4.57 Å². The largest absolute Gasteiger partial charge is 0.404 e. The maximum atomic E-state index is 12.8. The molecule has 0 aliphatic heterocycles. The molecule has 2 heterocycles. The Morgan fingerprint density at radius 2 is 1.94 bits per heavy atom. The van der Waals surface area contributed by atoms with Crippen LogP contribution in [0.2, 0.25) is 5.02 Å². The molecule has 4 rings (SSSR count). The van der Waals surface area contributed by atoms with Crippen LogP contribution in [0.4, 0.5) is 13.2 Å². The van der Waals surface area contributed by atoms with E-state index in [0.717, 1.165) is 44.3 Å². The Labute approximate surface area is 194 Å². The third-order valence-electron chi connectivity index (χ3n) is 5.88. The quantitative estimate of drug-likeness (QED) is 0.500. The van der Waals surface area contributed by atoms with Crippen LogP contribution in [0.1, 0.15) is 44.2 Å². The number of pyridine rings is 1. The van der Waals surface area contributed by atoms with Crippen LogP contribution in [-0.4, -0.2) is 30.2 Å². The number of sulfonamides is 1. The zero-order valence-electron chi connectivity index (χ0n) is 17.5. The summed E-state index contributed by atoms with van der Waals surface area (Å²) in [6.45, 7) is 0.726. The van der Waals surface area contributed by atoms with Gasteiger partial charge >= 0.3 is 6.18 Å². The van der Waals surface area contributed by atoms with Crippen LogP contribution < -0.4 is 4.72 Å². The van der Waals surface area contributed by atoms with Gasteiger partial charge in [-0.25, -0.2) is 8.42 Å². The monoisotopic (exact) mass is 496 g/mol. The van der Waals surface area contributed by atoms with Crippen molar-refractivity contribution in [3.8, 4) is 17.5 Å². The van der Waals surface area contributed by atoms with Crippen molar-refractivity contribution in [3.63, 3.8) is 0 Å². The first-order valence-corrected chi connectivity index (χ1v) is 12.2. The molecule has 1 aliphatic rings. The first-order valence-electron chi connectivity index (χ1n) is 10.3. The zero-order valence-corrected chi connectivity index (χ0v) is 19.1. The smallest absolute Gasteiger partial charge is 0.335 e. The Balaban J connectivity index is 1.81. The third-order valence-corrected chi connectivity index (χ3v) is 7.64. The van der Waals surface area contributed by atoms with E-state index in [1.807, 2.05) is 6.07 Å². The molecule has 0 bridgehead atoms. The number of halogens is 4. The molecule has 0 radical (unpaired) electrons. The molecule has 174 valence electrons. The highest BCUT2D eigenvalue weighted by Crippen LogP contribution is 2.41. The van der Waals surface area contributed by atoms with E-state index in [2.05, 4.69) is 15.6 Å².